The summed E-state index contributed by atoms with van der Waals surface area (Å²) in [5.74, 6) is 0.967. The molecule has 3 rings (SSSR count). The molecule has 0 saturated heterocycles. The van der Waals surface area contributed by atoms with Gasteiger partial charge in [0.25, 0.3) is 5.91 Å². The Morgan fingerprint density at radius 2 is 1.96 bits per heavy atom. The zero-order chi connectivity index (χ0) is 19.2. The molecular weight excluding hydrogens is 346 g/mol. The number of H-pyrrole nitrogens is 1. The fraction of sp³-hybridized carbons (Fsp3) is 0.150. The highest BCUT2D eigenvalue weighted by molar-refractivity contribution is 5.93. The minimum Gasteiger partial charge on any atom is -0.493 e. The van der Waals surface area contributed by atoms with Crippen molar-refractivity contribution in [3.8, 4) is 17.4 Å². The number of pyridine rings is 2. The van der Waals surface area contributed by atoms with Crippen LogP contribution in [-0.2, 0) is 6.54 Å². The van der Waals surface area contributed by atoms with Crippen LogP contribution in [-0.4, -0.2) is 23.0 Å². The van der Waals surface area contributed by atoms with Gasteiger partial charge in [-0.25, -0.2) is 4.98 Å². The van der Waals surface area contributed by atoms with Crippen molar-refractivity contribution >= 4 is 5.91 Å². The number of hydrogen-bond acceptors (Lipinski definition) is 5. The van der Waals surface area contributed by atoms with E-state index in [-0.39, 0.29) is 17.5 Å². The number of hydrogen-bond donors (Lipinski definition) is 2. The Morgan fingerprint density at radius 1 is 1.19 bits per heavy atom. The van der Waals surface area contributed by atoms with Crippen molar-refractivity contribution in [2.24, 2.45) is 0 Å². The lowest BCUT2D eigenvalue weighted by molar-refractivity contribution is 0.0949. The maximum atomic E-state index is 12.3. The predicted octanol–water partition coefficient (Wildman–Crippen LogP) is 2.81. The number of nitrogens with one attached hydrogen (secondary N) is 2. The smallest absolute Gasteiger partial charge is 0.257 e. The maximum Gasteiger partial charge on any atom is 0.257 e. The zero-order valence-electron chi connectivity index (χ0n) is 15.0. The molecule has 0 bridgehead atoms. The van der Waals surface area contributed by atoms with E-state index in [2.05, 4.69) is 15.3 Å². The van der Waals surface area contributed by atoms with Crippen molar-refractivity contribution in [3.63, 3.8) is 0 Å². The highest BCUT2D eigenvalue weighted by Gasteiger charge is 2.13. The monoisotopic (exact) mass is 365 g/mol. The number of para-hydroxylation sites is 2. The van der Waals surface area contributed by atoms with E-state index in [0.717, 1.165) is 0 Å². The van der Waals surface area contributed by atoms with Crippen LogP contribution in [0.4, 0.5) is 0 Å². The van der Waals surface area contributed by atoms with Crippen LogP contribution in [0.25, 0.3) is 0 Å². The molecule has 0 radical (unpaired) electrons. The number of carbonyl (C=O) groups is 1. The molecule has 0 atom stereocenters. The van der Waals surface area contributed by atoms with Gasteiger partial charge in [0.15, 0.2) is 16.9 Å². The number of carbonyl (C=O) groups excluding carboxylic acids is 1. The molecule has 0 aliphatic heterocycles. The Hall–Kier alpha value is -3.61. The quantitative estimate of drug-likeness (QED) is 0.701. The van der Waals surface area contributed by atoms with Crippen molar-refractivity contribution in [2.45, 2.75) is 13.5 Å². The lowest BCUT2D eigenvalue weighted by Crippen LogP contribution is -2.28. The second-order valence-corrected chi connectivity index (χ2v) is 5.80. The third kappa shape index (κ3) is 4.33. The Morgan fingerprint density at radius 3 is 2.70 bits per heavy atom. The van der Waals surface area contributed by atoms with Crippen LogP contribution < -0.4 is 20.2 Å². The maximum absolute atomic E-state index is 12.3. The van der Waals surface area contributed by atoms with Crippen molar-refractivity contribution < 1.29 is 14.3 Å². The standard InChI is InChI=1S/C20H19N3O4/c1-13-10-16(24)15(12-22-13)19(25)23-11-14-6-5-9-21-20(14)27-18-8-4-3-7-17(18)26-2/h3-10,12H,11H2,1-2H3,(H,22,24)(H,23,25). The molecule has 138 valence electrons. The molecule has 2 N–H and O–H groups in total. The van der Waals surface area contributed by atoms with E-state index in [4.69, 9.17) is 9.47 Å². The Bertz CT molecular complexity index is 1010. The van der Waals surface area contributed by atoms with Gasteiger partial charge in [0.1, 0.15) is 5.56 Å². The zero-order valence-corrected chi connectivity index (χ0v) is 15.0. The fourth-order valence-corrected chi connectivity index (χ4v) is 2.48. The Balaban J connectivity index is 1.76. The van der Waals surface area contributed by atoms with Gasteiger partial charge in [0, 0.05) is 36.3 Å². The minimum absolute atomic E-state index is 0.0525. The molecule has 0 saturated carbocycles. The number of aryl methyl sites for hydroxylation is 1. The van der Waals surface area contributed by atoms with E-state index in [1.54, 1.807) is 44.5 Å². The van der Waals surface area contributed by atoms with Gasteiger partial charge in [0.05, 0.1) is 7.11 Å². The molecule has 2 heterocycles. The first-order valence-electron chi connectivity index (χ1n) is 8.31. The molecule has 2 aromatic heterocycles. The number of aromatic amines is 1. The predicted molar refractivity (Wildman–Crippen MR) is 100 cm³/mol. The minimum atomic E-state index is -0.469. The molecule has 0 aliphatic carbocycles. The van der Waals surface area contributed by atoms with Gasteiger partial charge in [-0.05, 0) is 25.1 Å². The van der Waals surface area contributed by atoms with Crippen LogP contribution in [0.5, 0.6) is 17.4 Å². The number of benzene rings is 1. The summed E-state index contributed by atoms with van der Waals surface area (Å²) < 4.78 is 11.1. The average molecular weight is 365 g/mol. The van der Waals surface area contributed by atoms with Crippen molar-refractivity contribution in [1.82, 2.24) is 15.3 Å². The number of methoxy groups -OCH3 is 1. The molecule has 7 heteroatoms. The van der Waals surface area contributed by atoms with Crippen LogP contribution >= 0.6 is 0 Å². The molecule has 27 heavy (non-hydrogen) atoms. The molecule has 3 aromatic rings. The SMILES string of the molecule is COc1ccccc1Oc1ncccc1CNC(=O)c1c[nH]c(C)cc1=O. The molecular formula is C20H19N3O4. The topological polar surface area (TPSA) is 93.3 Å². The summed E-state index contributed by atoms with van der Waals surface area (Å²) in [4.78, 5) is 31.3. The van der Waals surface area contributed by atoms with E-state index < -0.39 is 5.91 Å². The lowest BCUT2D eigenvalue weighted by Gasteiger charge is -2.13. The van der Waals surface area contributed by atoms with Crippen LogP contribution in [0.3, 0.4) is 0 Å². The van der Waals surface area contributed by atoms with Crippen molar-refractivity contribution in [1.29, 1.82) is 0 Å². The number of ether oxygens (including phenoxy) is 2. The fourth-order valence-electron chi connectivity index (χ4n) is 2.48. The van der Waals surface area contributed by atoms with Gasteiger partial charge in [-0.3, -0.25) is 9.59 Å². The lowest BCUT2D eigenvalue weighted by atomic mass is 10.2. The van der Waals surface area contributed by atoms with Crippen molar-refractivity contribution in [3.05, 3.63) is 81.9 Å². The first-order chi connectivity index (χ1) is 13.1. The third-order valence-corrected chi connectivity index (χ3v) is 3.87. The van der Waals surface area contributed by atoms with Gasteiger partial charge in [0.2, 0.25) is 5.88 Å². The molecule has 0 aliphatic rings. The Kier molecular flexibility index (Phi) is 5.51. The van der Waals surface area contributed by atoms with Gasteiger partial charge in [-0.1, -0.05) is 18.2 Å². The number of nitrogens with zero attached hydrogens (tertiary/aromatic N) is 1. The molecule has 7 nitrogen and oxygen atoms in total. The van der Waals surface area contributed by atoms with E-state index >= 15 is 0 Å². The van der Waals surface area contributed by atoms with Crippen LogP contribution in [0.2, 0.25) is 0 Å². The van der Waals surface area contributed by atoms with Crippen LogP contribution in [0.1, 0.15) is 21.6 Å². The normalized spacial score (nSPS) is 10.3. The molecule has 1 amide bonds. The highest BCUT2D eigenvalue weighted by atomic mass is 16.5. The molecule has 0 spiro atoms. The first kappa shape index (κ1) is 18.2. The van der Waals surface area contributed by atoms with E-state index in [1.807, 2.05) is 12.1 Å². The van der Waals surface area contributed by atoms with E-state index in [0.29, 0.717) is 28.6 Å². The van der Waals surface area contributed by atoms with E-state index in [1.165, 1.54) is 12.3 Å². The number of aromatic nitrogens is 2. The van der Waals surface area contributed by atoms with Crippen LogP contribution in [0, 0.1) is 6.92 Å². The summed E-state index contributed by atoms with van der Waals surface area (Å²) >= 11 is 0. The second kappa shape index (κ2) is 8.18. The number of amides is 1. The molecule has 1 aromatic carbocycles. The molecule has 0 unspecified atom stereocenters. The van der Waals surface area contributed by atoms with Gasteiger partial charge in [-0.2, -0.15) is 0 Å². The van der Waals surface area contributed by atoms with Gasteiger partial charge < -0.3 is 19.8 Å². The van der Waals surface area contributed by atoms with E-state index in [9.17, 15) is 9.59 Å². The second-order valence-electron chi connectivity index (χ2n) is 5.80. The summed E-state index contributed by atoms with van der Waals surface area (Å²) in [7, 11) is 1.56. The molecule has 0 fully saturated rings. The van der Waals surface area contributed by atoms with Crippen LogP contribution in [0.15, 0.2) is 59.7 Å². The van der Waals surface area contributed by atoms with Gasteiger partial charge in [-0.15, -0.1) is 0 Å². The summed E-state index contributed by atoms with van der Waals surface area (Å²) in [5, 5.41) is 2.72. The van der Waals surface area contributed by atoms with Gasteiger partial charge >= 0.3 is 0 Å². The highest BCUT2D eigenvalue weighted by Crippen LogP contribution is 2.31. The summed E-state index contributed by atoms with van der Waals surface area (Å²) in [5.41, 5.74) is 1.08. The first-order valence-corrected chi connectivity index (χ1v) is 8.31. The summed E-state index contributed by atoms with van der Waals surface area (Å²) in [6.45, 7) is 1.91. The Labute approximate surface area is 156 Å². The summed E-state index contributed by atoms with van der Waals surface area (Å²) in [6.07, 6.45) is 3.00. The summed E-state index contributed by atoms with van der Waals surface area (Å²) in [6, 6.07) is 12.1. The number of rotatable bonds is 6. The van der Waals surface area contributed by atoms with Crippen molar-refractivity contribution in [2.75, 3.05) is 7.11 Å². The largest absolute Gasteiger partial charge is 0.493 e. The average Bonchev–Trinajstić information content (AvgIpc) is 2.67. The third-order valence-electron chi connectivity index (χ3n) is 3.87.